The number of nitrogens with one attached hydrogen (secondary N) is 1. The molecule has 0 fully saturated rings. The molecule has 0 atom stereocenters. The summed E-state index contributed by atoms with van der Waals surface area (Å²) in [5, 5.41) is 2.99. The van der Waals surface area contributed by atoms with Crippen molar-refractivity contribution in [1.29, 1.82) is 0 Å². The maximum absolute atomic E-state index is 9.82. The summed E-state index contributed by atoms with van der Waals surface area (Å²) in [6.45, 7) is 6.68. The molecule has 0 aromatic carbocycles. The van der Waals surface area contributed by atoms with Crippen molar-refractivity contribution in [3.05, 3.63) is 12.2 Å². The van der Waals surface area contributed by atoms with Crippen LogP contribution < -0.4 is 16.8 Å². The van der Waals surface area contributed by atoms with Crippen molar-refractivity contribution >= 4 is 5.91 Å². The fraction of sp³-hybridized carbons (Fsp3) is 0.625. The van der Waals surface area contributed by atoms with Crippen LogP contribution >= 0.6 is 0 Å². The molecule has 0 bridgehead atoms. The van der Waals surface area contributed by atoms with Crippen molar-refractivity contribution in [1.82, 2.24) is 5.32 Å². The molecule has 4 nitrogen and oxygen atoms in total. The molecule has 0 saturated carbocycles. The van der Waals surface area contributed by atoms with Crippen LogP contribution in [0.25, 0.3) is 0 Å². The summed E-state index contributed by atoms with van der Waals surface area (Å²) in [5.74, 6) is -0.435. The van der Waals surface area contributed by atoms with Gasteiger partial charge in [-0.1, -0.05) is 6.58 Å². The Kier molecular flexibility index (Phi) is 11.6. The zero-order valence-electron chi connectivity index (χ0n) is 7.89. The van der Waals surface area contributed by atoms with E-state index in [-0.39, 0.29) is 0 Å². The summed E-state index contributed by atoms with van der Waals surface area (Å²) in [6, 6.07) is 0. The summed E-state index contributed by atoms with van der Waals surface area (Å²) in [5.41, 5.74) is 10.3. The van der Waals surface area contributed by atoms with Crippen molar-refractivity contribution in [2.45, 2.75) is 13.3 Å². The molecular formula is C8H19N3O. The number of amides is 1. The average Bonchev–Trinajstić information content (AvgIpc) is 2.02. The average molecular weight is 173 g/mol. The Morgan fingerprint density at radius 3 is 2.08 bits per heavy atom. The molecule has 0 radical (unpaired) electrons. The molecule has 0 aromatic heterocycles. The third-order valence-electron chi connectivity index (χ3n) is 1.05. The van der Waals surface area contributed by atoms with E-state index in [9.17, 15) is 4.79 Å². The van der Waals surface area contributed by atoms with Gasteiger partial charge >= 0.3 is 0 Å². The van der Waals surface area contributed by atoms with E-state index in [1.165, 1.54) is 0 Å². The zero-order chi connectivity index (χ0) is 9.98. The molecule has 0 aliphatic rings. The summed E-state index contributed by atoms with van der Waals surface area (Å²) >= 11 is 0. The molecular weight excluding hydrogens is 154 g/mol. The highest BCUT2D eigenvalue weighted by atomic mass is 16.1. The Labute approximate surface area is 74.0 Å². The Bertz CT molecular complexity index is 118. The largest absolute Gasteiger partial charge is 0.366 e. The molecule has 0 unspecified atom stereocenters. The monoisotopic (exact) mass is 173 g/mol. The van der Waals surface area contributed by atoms with E-state index in [0.29, 0.717) is 5.57 Å². The molecule has 0 aliphatic heterocycles. The van der Waals surface area contributed by atoms with E-state index >= 15 is 0 Å². The lowest BCUT2D eigenvalue weighted by molar-refractivity contribution is -0.114. The van der Waals surface area contributed by atoms with Crippen LogP contribution in [0.5, 0.6) is 0 Å². The number of primary amides is 1. The first-order chi connectivity index (χ1) is 5.56. The SMILES string of the molecule is C=C(C)C(N)=O.CNCCCN. The minimum Gasteiger partial charge on any atom is -0.366 e. The van der Waals surface area contributed by atoms with Crippen molar-refractivity contribution in [3.63, 3.8) is 0 Å². The van der Waals surface area contributed by atoms with Crippen LogP contribution in [0.15, 0.2) is 12.2 Å². The van der Waals surface area contributed by atoms with Gasteiger partial charge in [0.25, 0.3) is 0 Å². The molecule has 1 amide bonds. The first kappa shape index (κ1) is 13.7. The van der Waals surface area contributed by atoms with Gasteiger partial charge in [0.15, 0.2) is 0 Å². The van der Waals surface area contributed by atoms with Crippen molar-refractivity contribution in [2.75, 3.05) is 20.1 Å². The van der Waals surface area contributed by atoms with Crippen LogP contribution in [-0.4, -0.2) is 26.0 Å². The molecule has 5 N–H and O–H groups in total. The molecule has 0 aromatic rings. The number of carbonyl (C=O) groups is 1. The fourth-order valence-electron chi connectivity index (χ4n) is 0.279. The third-order valence-corrected chi connectivity index (χ3v) is 1.05. The molecule has 0 aliphatic carbocycles. The highest BCUT2D eigenvalue weighted by Gasteiger charge is 1.86. The topological polar surface area (TPSA) is 81.1 Å². The van der Waals surface area contributed by atoms with Gasteiger partial charge in [0.05, 0.1) is 0 Å². The van der Waals surface area contributed by atoms with E-state index in [1.807, 2.05) is 7.05 Å². The van der Waals surface area contributed by atoms with E-state index in [2.05, 4.69) is 11.9 Å². The summed E-state index contributed by atoms with van der Waals surface area (Å²) in [7, 11) is 1.93. The molecule has 72 valence electrons. The molecule has 12 heavy (non-hydrogen) atoms. The molecule has 0 saturated heterocycles. The molecule has 4 heteroatoms. The van der Waals surface area contributed by atoms with Gasteiger partial charge in [0, 0.05) is 5.57 Å². The second kappa shape index (κ2) is 10.1. The normalized spacial score (nSPS) is 8.25. The predicted octanol–water partition coefficient (Wildman–Crippen LogP) is -0.398. The zero-order valence-corrected chi connectivity index (χ0v) is 7.89. The summed E-state index contributed by atoms with van der Waals surface area (Å²) in [6.07, 6.45) is 1.08. The smallest absolute Gasteiger partial charge is 0.243 e. The van der Waals surface area contributed by atoms with Gasteiger partial charge in [-0.25, -0.2) is 0 Å². The second-order valence-electron chi connectivity index (χ2n) is 2.39. The lowest BCUT2D eigenvalue weighted by Crippen LogP contribution is -2.12. The van der Waals surface area contributed by atoms with Crippen LogP contribution in [0.3, 0.4) is 0 Å². The predicted molar refractivity (Wildman–Crippen MR) is 51.6 cm³/mol. The molecule has 0 heterocycles. The Balaban J connectivity index is 0. The van der Waals surface area contributed by atoms with Gasteiger partial charge in [-0.3, -0.25) is 4.79 Å². The third kappa shape index (κ3) is 16.1. The van der Waals surface area contributed by atoms with Crippen LogP contribution in [0.4, 0.5) is 0 Å². The summed E-state index contributed by atoms with van der Waals surface area (Å²) in [4.78, 5) is 9.82. The highest BCUT2D eigenvalue weighted by molar-refractivity contribution is 5.90. The van der Waals surface area contributed by atoms with E-state index in [1.54, 1.807) is 6.92 Å². The van der Waals surface area contributed by atoms with E-state index in [0.717, 1.165) is 19.5 Å². The van der Waals surface area contributed by atoms with Gasteiger partial charge in [-0.15, -0.1) is 0 Å². The van der Waals surface area contributed by atoms with Crippen LogP contribution in [0.2, 0.25) is 0 Å². The number of nitrogens with two attached hydrogens (primary N) is 2. The van der Waals surface area contributed by atoms with Gasteiger partial charge in [0.2, 0.25) is 5.91 Å². The maximum atomic E-state index is 9.82. The van der Waals surface area contributed by atoms with Gasteiger partial charge in [-0.2, -0.15) is 0 Å². The van der Waals surface area contributed by atoms with Crippen LogP contribution in [-0.2, 0) is 4.79 Å². The highest BCUT2D eigenvalue weighted by Crippen LogP contribution is 1.78. The van der Waals surface area contributed by atoms with Gasteiger partial charge in [0.1, 0.15) is 0 Å². The Hall–Kier alpha value is -0.870. The quantitative estimate of drug-likeness (QED) is 0.400. The standard InChI is InChI=1S/C4H12N2.C4H7NO/c1-6-4-2-3-5;1-3(2)4(5)6/h6H,2-5H2,1H3;1H2,2H3,(H2,5,6). The maximum Gasteiger partial charge on any atom is 0.243 e. The lowest BCUT2D eigenvalue weighted by atomic mass is 10.3. The minimum atomic E-state index is -0.435. The molecule has 0 spiro atoms. The van der Waals surface area contributed by atoms with Crippen LogP contribution in [0, 0.1) is 0 Å². The number of hydrogen-bond donors (Lipinski definition) is 3. The number of carbonyl (C=O) groups excluding carboxylic acids is 1. The Morgan fingerprint density at radius 1 is 1.58 bits per heavy atom. The first-order valence-corrected chi connectivity index (χ1v) is 3.86. The van der Waals surface area contributed by atoms with E-state index in [4.69, 9.17) is 11.5 Å². The van der Waals surface area contributed by atoms with Crippen LogP contribution in [0.1, 0.15) is 13.3 Å². The number of rotatable bonds is 4. The lowest BCUT2D eigenvalue weighted by Gasteiger charge is -1.90. The second-order valence-corrected chi connectivity index (χ2v) is 2.39. The van der Waals surface area contributed by atoms with E-state index < -0.39 is 5.91 Å². The first-order valence-electron chi connectivity index (χ1n) is 3.86. The summed E-state index contributed by atoms with van der Waals surface area (Å²) < 4.78 is 0. The fourth-order valence-corrected chi connectivity index (χ4v) is 0.279. The minimum absolute atomic E-state index is 0.398. The van der Waals surface area contributed by atoms with Gasteiger partial charge < -0.3 is 16.8 Å². The van der Waals surface area contributed by atoms with Crippen molar-refractivity contribution < 1.29 is 4.79 Å². The number of hydrogen-bond acceptors (Lipinski definition) is 3. The van der Waals surface area contributed by atoms with Gasteiger partial charge in [-0.05, 0) is 33.5 Å². The van der Waals surface area contributed by atoms with Crippen molar-refractivity contribution in [2.24, 2.45) is 11.5 Å². The van der Waals surface area contributed by atoms with Crippen molar-refractivity contribution in [3.8, 4) is 0 Å². The Morgan fingerprint density at radius 2 is 2.00 bits per heavy atom. The molecule has 0 rings (SSSR count).